The average Bonchev–Trinajstić information content (AvgIpc) is 3.32. The molecule has 0 atom stereocenters. The molecule has 35 heavy (non-hydrogen) atoms. The van der Waals surface area contributed by atoms with E-state index in [9.17, 15) is 14.0 Å². The van der Waals surface area contributed by atoms with Crippen LogP contribution in [0.5, 0.6) is 5.75 Å². The molecule has 4 aromatic heterocycles. The van der Waals surface area contributed by atoms with Crippen LogP contribution in [0.4, 0.5) is 4.39 Å². The van der Waals surface area contributed by atoms with Crippen LogP contribution in [-0.2, 0) is 11.3 Å². The van der Waals surface area contributed by atoms with Crippen molar-refractivity contribution in [3.63, 3.8) is 0 Å². The van der Waals surface area contributed by atoms with Gasteiger partial charge in [0.05, 0.1) is 29.7 Å². The number of ether oxygens (including phenoxy) is 2. The van der Waals surface area contributed by atoms with E-state index in [4.69, 9.17) is 27.9 Å². The number of carbonyl (C=O) groups is 1. The van der Waals surface area contributed by atoms with Gasteiger partial charge in [-0.05, 0) is 31.5 Å². The Bertz CT molecular complexity index is 1500. The van der Waals surface area contributed by atoms with E-state index in [0.29, 0.717) is 28.5 Å². The SMILES string of the molecule is COC(=O)c1ccn(-c2cc(-n3c(C)cc(OCc4ncc(F)cc4Cl)c(Cl)c3=O)c(C)cn2)n1. The number of pyridine rings is 3. The second kappa shape index (κ2) is 9.85. The van der Waals surface area contributed by atoms with Crippen molar-refractivity contribution in [1.82, 2.24) is 24.3 Å². The Kier molecular flexibility index (Phi) is 6.86. The van der Waals surface area contributed by atoms with Crippen molar-refractivity contribution < 1.29 is 18.7 Å². The lowest BCUT2D eigenvalue weighted by molar-refractivity contribution is 0.0593. The topological polar surface area (TPSA) is 101 Å². The number of hydrogen-bond donors (Lipinski definition) is 0. The summed E-state index contributed by atoms with van der Waals surface area (Å²) in [6.45, 7) is 3.40. The van der Waals surface area contributed by atoms with Crippen LogP contribution >= 0.6 is 23.2 Å². The van der Waals surface area contributed by atoms with Gasteiger partial charge in [0.15, 0.2) is 11.5 Å². The lowest BCUT2D eigenvalue weighted by atomic mass is 10.2. The first-order valence-electron chi connectivity index (χ1n) is 10.2. The third-order valence-electron chi connectivity index (χ3n) is 5.07. The fourth-order valence-electron chi connectivity index (χ4n) is 3.31. The molecule has 0 amide bonds. The zero-order valence-corrected chi connectivity index (χ0v) is 20.3. The van der Waals surface area contributed by atoms with Gasteiger partial charge in [-0.15, -0.1) is 0 Å². The van der Waals surface area contributed by atoms with Crippen LogP contribution in [0.25, 0.3) is 11.5 Å². The zero-order chi connectivity index (χ0) is 25.3. The first-order valence-corrected chi connectivity index (χ1v) is 10.9. The molecule has 9 nitrogen and oxygen atoms in total. The molecule has 0 N–H and O–H groups in total. The summed E-state index contributed by atoms with van der Waals surface area (Å²) in [6, 6.07) is 5.87. The van der Waals surface area contributed by atoms with Crippen molar-refractivity contribution in [2.45, 2.75) is 20.5 Å². The van der Waals surface area contributed by atoms with Crippen LogP contribution in [0.1, 0.15) is 27.4 Å². The van der Waals surface area contributed by atoms with E-state index in [1.165, 1.54) is 22.4 Å². The van der Waals surface area contributed by atoms with Gasteiger partial charge in [0.2, 0.25) is 0 Å². The lowest BCUT2D eigenvalue weighted by Gasteiger charge is -2.16. The second-order valence-electron chi connectivity index (χ2n) is 7.44. The average molecular weight is 518 g/mol. The smallest absolute Gasteiger partial charge is 0.358 e. The first-order chi connectivity index (χ1) is 16.7. The fourth-order valence-corrected chi connectivity index (χ4v) is 3.72. The molecule has 0 spiro atoms. The van der Waals surface area contributed by atoms with Gasteiger partial charge in [-0.25, -0.2) is 18.9 Å². The third kappa shape index (κ3) is 4.89. The molecule has 0 fully saturated rings. The number of carbonyl (C=O) groups excluding carboxylic acids is 1. The molecule has 180 valence electrons. The highest BCUT2D eigenvalue weighted by Gasteiger charge is 2.18. The Hall–Kier alpha value is -3.76. The number of nitrogens with zero attached hydrogens (tertiary/aromatic N) is 5. The largest absolute Gasteiger partial charge is 0.485 e. The third-order valence-corrected chi connectivity index (χ3v) is 5.74. The van der Waals surface area contributed by atoms with Crippen LogP contribution in [0.15, 0.2) is 47.7 Å². The van der Waals surface area contributed by atoms with Crippen LogP contribution in [0, 0.1) is 19.7 Å². The summed E-state index contributed by atoms with van der Waals surface area (Å²) in [7, 11) is 1.26. The maximum absolute atomic E-state index is 13.2. The van der Waals surface area contributed by atoms with Gasteiger partial charge < -0.3 is 9.47 Å². The standard InChI is InChI=1S/C23H18Cl2FN5O4/c1-12-9-28-20(30-5-4-16(29-30)23(33)34-3)8-18(12)31-13(2)6-19(21(25)22(31)32)35-11-17-15(24)7-14(26)10-27-17/h4-10H,11H2,1-3H3. The van der Waals surface area contributed by atoms with Crippen LogP contribution in [0.2, 0.25) is 10.0 Å². The number of aromatic nitrogens is 5. The number of methoxy groups -OCH3 is 1. The predicted octanol–water partition coefficient (Wildman–Crippen LogP) is 4.24. The van der Waals surface area contributed by atoms with E-state index >= 15 is 0 Å². The molecular formula is C23H18Cl2FN5O4. The molecule has 4 rings (SSSR count). The minimum absolute atomic E-state index is 0.0973. The van der Waals surface area contributed by atoms with Crippen molar-refractivity contribution in [3.05, 3.63) is 91.7 Å². The summed E-state index contributed by atoms with van der Waals surface area (Å²) in [5, 5.41) is 4.11. The van der Waals surface area contributed by atoms with E-state index in [1.807, 2.05) is 0 Å². The maximum Gasteiger partial charge on any atom is 0.358 e. The minimum atomic E-state index is -0.581. The maximum atomic E-state index is 13.2. The molecule has 0 bridgehead atoms. The summed E-state index contributed by atoms with van der Waals surface area (Å²) in [4.78, 5) is 33.2. The normalized spacial score (nSPS) is 10.9. The molecule has 0 saturated carbocycles. The van der Waals surface area contributed by atoms with Gasteiger partial charge in [0.1, 0.15) is 23.2 Å². The summed E-state index contributed by atoms with van der Waals surface area (Å²) in [6.07, 6.45) is 4.16. The molecule has 0 radical (unpaired) electrons. The number of hydrogen-bond acceptors (Lipinski definition) is 7. The Morgan fingerprint density at radius 2 is 1.91 bits per heavy atom. The molecule has 12 heteroatoms. The Balaban J connectivity index is 1.69. The van der Waals surface area contributed by atoms with Crippen molar-refractivity contribution >= 4 is 29.2 Å². The Morgan fingerprint density at radius 1 is 1.14 bits per heavy atom. The summed E-state index contributed by atoms with van der Waals surface area (Å²) >= 11 is 12.4. The van der Waals surface area contributed by atoms with Crippen LogP contribution < -0.4 is 10.3 Å². The van der Waals surface area contributed by atoms with Gasteiger partial charge >= 0.3 is 5.97 Å². The molecule has 4 heterocycles. The fraction of sp³-hybridized carbons (Fsp3) is 0.174. The number of aryl methyl sites for hydroxylation is 2. The van der Waals surface area contributed by atoms with Crippen LogP contribution in [-0.4, -0.2) is 37.4 Å². The molecule has 0 aliphatic heterocycles. The summed E-state index contributed by atoms with van der Waals surface area (Å²) in [5.74, 6) is -0.642. The van der Waals surface area contributed by atoms with Crippen molar-refractivity contribution in [3.8, 4) is 17.3 Å². The number of halogens is 3. The molecular weight excluding hydrogens is 500 g/mol. The minimum Gasteiger partial charge on any atom is -0.485 e. The summed E-state index contributed by atoms with van der Waals surface area (Å²) in [5.41, 5.74) is 1.64. The van der Waals surface area contributed by atoms with E-state index in [2.05, 4.69) is 19.8 Å². The number of rotatable bonds is 6. The van der Waals surface area contributed by atoms with Crippen molar-refractivity contribution in [2.24, 2.45) is 0 Å². The quantitative estimate of drug-likeness (QED) is 0.352. The van der Waals surface area contributed by atoms with Crippen LogP contribution in [0.3, 0.4) is 0 Å². The van der Waals surface area contributed by atoms with Crippen molar-refractivity contribution in [1.29, 1.82) is 0 Å². The number of esters is 1. The van der Waals surface area contributed by atoms with E-state index < -0.39 is 17.3 Å². The molecule has 0 unspecified atom stereocenters. The molecule has 4 aromatic rings. The molecule has 0 aromatic carbocycles. The highest BCUT2D eigenvalue weighted by Crippen LogP contribution is 2.26. The second-order valence-corrected chi connectivity index (χ2v) is 8.23. The van der Waals surface area contributed by atoms with E-state index in [1.54, 1.807) is 38.4 Å². The van der Waals surface area contributed by atoms with Gasteiger partial charge in [-0.2, -0.15) is 5.10 Å². The molecule has 0 saturated heterocycles. The zero-order valence-electron chi connectivity index (χ0n) is 18.8. The predicted molar refractivity (Wildman–Crippen MR) is 126 cm³/mol. The highest BCUT2D eigenvalue weighted by atomic mass is 35.5. The van der Waals surface area contributed by atoms with E-state index in [-0.39, 0.29) is 28.1 Å². The highest BCUT2D eigenvalue weighted by molar-refractivity contribution is 6.32. The Labute approximate surface area is 208 Å². The summed E-state index contributed by atoms with van der Waals surface area (Å²) < 4.78 is 26.4. The first kappa shape index (κ1) is 24.4. The van der Waals surface area contributed by atoms with Gasteiger partial charge in [-0.1, -0.05) is 23.2 Å². The van der Waals surface area contributed by atoms with Gasteiger partial charge in [0, 0.05) is 30.2 Å². The molecule has 0 aliphatic rings. The lowest BCUT2D eigenvalue weighted by Crippen LogP contribution is -2.23. The van der Waals surface area contributed by atoms with Gasteiger partial charge in [0.25, 0.3) is 5.56 Å². The van der Waals surface area contributed by atoms with E-state index in [0.717, 1.165) is 12.3 Å². The van der Waals surface area contributed by atoms with Gasteiger partial charge in [-0.3, -0.25) is 14.3 Å². The Morgan fingerprint density at radius 3 is 2.63 bits per heavy atom. The monoisotopic (exact) mass is 517 g/mol. The van der Waals surface area contributed by atoms with Crippen molar-refractivity contribution in [2.75, 3.05) is 7.11 Å². The molecule has 0 aliphatic carbocycles.